The molecule has 0 radical (unpaired) electrons. The van der Waals surface area contributed by atoms with Gasteiger partial charge >= 0.3 is 0 Å². The van der Waals surface area contributed by atoms with Crippen LogP contribution in [-0.4, -0.2) is 42.1 Å². The number of nitrogens with zero attached hydrogens (tertiary/aromatic N) is 2. The number of piperidine rings is 1. The molecule has 21 heavy (non-hydrogen) atoms. The molecule has 2 fully saturated rings. The van der Waals surface area contributed by atoms with Crippen LogP contribution in [0.15, 0.2) is 4.42 Å². The lowest BCUT2D eigenvalue weighted by molar-refractivity contribution is 0.0434. The molecule has 1 aromatic heterocycles. The van der Waals surface area contributed by atoms with E-state index in [1.54, 1.807) is 0 Å². The van der Waals surface area contributed by atoms with E-state index in [0.29, 0.717) is 17.3 Å². The van der Waals surface area contributed by atoms with E-state index in [2.05, 4.69) is 4.98 Å². The average molecular weight is 292 g/mol. The Morgan fingerprint density at radius 2 is 2.19 bits per heavy atom. The van der Waals surface area contributed by atoms with Crippen molar-refractivity contribution in [2.24, 2.45) is 5.41 Å². The zero-order chi connectivity index (χ0) is 15.0. The van der Waals surface area contributed by atoms with Crippen LogP contribution in [0.5, 0.6) is 0 Å². The van der Waals surface area contributed by atoms with Gasteiger partial charge in [0.25, 0.3) is 5.91 Å². The van der Waals surface area contributed by atoms with Gasteiger partial charge in [-0.25, -0.2) is 4.98 Å². The second-order valence-corrected chi connectivity index (χ2v) is 6.75. The number of rotatable bonds is 2. The fraction of sp³-hybridized carbons (Fsp3) is 0.750. The summed E-state index contributed by atoms with van der Waals surface area (Å²) in [5.41, 5.74) is 0.869. The van der Waals surface area contributed by atoms with E-state index < -0.39 is 0 Å². The first-order valence-electron chi connectivity index (χ1n) is 7.85. The molecule has 0 N–H and O–H groups in total. The minimum absolute atomic E-state index is 0.0159. The molecule has 1 amide bonds. The number of aromatic nitrogens is 1. The summed E-state index contributed by atoms with van der Waals surface area (Å²) in [7, 11) is 0. The van der Waals surface area contributed by atoms with Gasteiger partial charge in [-0.05, 0) is 26.2 Å². The first-order valence-corrected chi connectivity index (χ1v) is 7.85. The van der Waals surface area contributed by atoms with E-state index in [9.17, 15) is 4.79 Å². The highest BCUT2D eigenvalue weighted by Gasteiger charge is 2.41. The molecule has 0 bridgehead atoms. The molecule has 0 aliphatic carbocycles. The summed E-state index contributed by atoms with van der Waals surface area (Å²) in [6.07, 6.45) is 3.26. The molecule has 2 aliphatic heterocycles. The van der Waals surface area contributed by atoms with Gasteiger partial charge < -0.3 is 14.1 Å². The van der Waals surface area contributed by atoms with Crippen LogP contribution < -0.4 is 0 Å². The summed E-state index contributed by atoms with van der Waals surface area (Å²) in [5, 5.41) is 0. The minimum atomic E-state index is -0.0159. The van der Waals surface area contributed by atoms with E-state index in [4.69, 9.17) is 9.15 Å². The Morgan fingerprint density at radius 3 is 2.81 bits per heavy atom. The summed E-state index contributed by atoms with van der Waals surface area (Å²) in [6.45, 7) is 9.07. The number of carbonyl (C=O) groups excluding carboxylic acids is 1. The second-order valence-electron chi connectivity index (χ2n) is 6.75. The molecular formula is C16H24N2O3. The lowest BCUT2D eigenvalue weighted by Crippen LogP contribution is -2.46. The topological polar surface area (TPSA) is 55.6 Å². The molecular weight excluding hydrogens is 268 g/mol. The van der Waals surface area contributed by atoms with Gasteiger partial charge in [0.2, 0.25) is 5.76 Å². The fourth-order valence-electron chi connectivity index (χ4n) is 3.36. The van der Waals surface area contributed by atoms with Gasteiger partial charge in [-0.3, -0.25) is 4.79 Å². The smallest absolute Gasteiger partial charge is 0.291 e. The number of oxazole rings is 1. The molecule has 2 aliphatic rings. The number of carbonyl (C=O) groups is 1. The van der Waals surface area contributed by atoms with Crippen molar-refractivity contribution in [3.63, 3.8) is 0 Å². The number of hydrogen-bond donors (Lipinski definition) is 0. The number of likely N-dealkylation sites (tertiary alicyclic amines) is 1. The third-order valence-electron chi connectivity index (χ3n) is 4.63. The van der Waals surface area contributed by atoms with Crippen LogP contribution in [0.2, 0.25) is 0 Å². The molecule has 1 spiro atoms. The summed E-state index contributed by atoms with van der Waals surface area (Å²) < 4.78 is 11.3. The Kier molecular flexibility index (Phi) is 3.78. The third-order valence-corrected chi connectivity index (χ3v) is 4.63. The van der Waals surface area contributed by atoms with E-state index in [1.165, 1.54) is 0 Å². The van der Waals surface area contributed by atoms with Crippen LogP contribution in [0.3, 0.4) is 0 Å². The lowest BCUT2D eigenvalue weighted by Gasteiger charge is -2.39. The van der Waals surface area contributed by atoms with Crippen LogP contribution in [0.4, 0.5) is 0 Å². The Bertz CT molecular complexity index is 530. The molecule has 0 aromatic carbocycles. The van der Waals surface area contributed by atoms with Crippen molar-refractivity contribution in [1.29, 1.82) is 0 Å². The van der Waals surface area contributed by atoms with Crippen molar-refractivity contribution in [2.75, 3.05) is 26.3 Å². The zero-order valence-corrected chi connectivity index (χ0v) is 13.1. The van der Waals surface area contributed by atoms with Crippen molar-refractivity contribution in [3.8, 4) is 0 Å². The molecule has 1 atom stereocenters. The molecule has 116 valence electrons. The fourth-order valence-corrected chi connectivity index (χ4v) is 3.36. The van der Waals surface area contributed by atoms with Gasteiger partial charge in [-0.15, -0.1) is 0 Å². The van der Waals surface area contributed by atoms with E-state index >= 15 is 0 Å². The SMILES string of the molecule is Cc1nc(C(C)C)oc1C(=O)N1CCC[C@@]2(CCOC2)C1. The number of hydrogen-bond acceptors (Lipinski definition) is 4. The molecule has 3 rings (SSSR count). The highest BCUT2D eigenvalue weighted by Crippen LogP contribution is 2.38. The summed E-state index contributed by atoms with van der Waals surface area (Å²) >= 11 is 0. The van der Waals surface area contributed by atoms with Gasteiger partial charge in [0.1, 0.15) is 0 Å². The number of aryl methyl sites for hydroxylation is 1. The maximum absolute atomic E-state index is 12.7. The van der Waals surface area contributed by atoms with Gasteiger partial charge in [0.05, 0.1) is 12.3 Å². The van der Waals surface area contributed by atoms with Crippen molar-refractivity contribution in [3.05, 3.63) is 17.3 Å². The Morgan fingerprint density at radius 1 is 1.38 bits per heavy atom. The molecule has 2 saturated heterocycles. The van der Waals surface area contributed by atoms with Gasteiger partial charge in [0.15, 0.2) is 5.89 Å². The predicted molar refractivity (Wildman–Crippen MR) is 78.3 cm³/mol. The zero-order valence-electron chi connectivity index (χ0n) is 13.1. The van der Waals surface area contributed by atoms with E-state index in [-0.39, 0.29) is 17.2 Å². The summed E-state index contributed by atoms with van der Waals surface area (Å²) in [6, 6.07) is 0. The normalized spacial score (nSPS) is 26.0. The van der Waals surface area contributed by atoms with Gasteiger partial charge in [-0.2, -0.15) is 0 Å². The van der Waals surface area contributed by atoms with E-state index in [1.807, 2.05) is 25.7 Å². The monoisotopic (exact) mass is 292 g/mol. The quantitative estimate of drug-likeness (QED) is 0.841. The molecule has 1 aromatic rings. The van der Waals surface area contributed by atoms with Gasteiger partial charge in [-0.1, -0.05) is 13.8 Å². The Balaban J connectivity index is 1.78. The Hall–Kier alpha value is -1.36. The van der Waals surface area contributed by atoms with Crippen LogP contribution in [0, 0.1) is 12.3 Å². The molecule has 5 heteroatoms. The largest absolute Gasteiger partial charge is 0.435 e. The maximum atomic E-state index is 12.7. The first kappa shape index (κ1) is 14.6. The van der Waals surface area contributed by atoms with Crippen LogP contribution in [0.1, 0.15) is 61.2 Å². The second kappa shape index (κ2) is 5.44. The van der Waals surface area contributed by atoms with Crippen molar-refractivity contribution >= 4 is 5.91 Å². The van der Waals surface area contributed by atoms with Crippen LogP contribution >= 0.6 is 0 Å². The van der Waals surface area contributed by atoms with Crippen LogP contribution in [0.25, 0.3) is 0 Å². The highest BCUT2D eigenvalue weighted by atomic mass is 16.5. The van der Waals surface area contributed by atoms with Crippen molar-refractivity contribution < 1.29 is 13.9 Å². The number of ether oxygens (including phenoxy) is 1. The highest BCUT2D eigenvalue weighted by molar-refractivity contribution is 5.92. The maximum Gasteiger partial charge on any atom is 0.291 e. The predicted octanol–water partition coefficient (Wildman–Crippen LogP) is 2.75. The Labute approximate surface area is 125 Å². The van der Waals surface area contributed by atoms with E-state index in [0.717, 1.165) is 45.6 Å². The molecule has 0 saturated carbocycles. The summed E-state index contributed by atoms with van der Waals surface area (Å²) in [4.78, 5) is 19.1. The van der Waals surface area contributed by atoms with Crippen molar-refractivity contribution in [1.82, 2.24) is 9.88 Å². The minimum Gasteiger partial charge on any atom is -0.435 e. The third kappa shape index (κ3) is 2.71. The first-order chi connectivity index (χ1) is 10.0. The number of amides is 1. The molecule has 0 unspecified atom stereocenters. The average Bonchev–Trinajstić information content (AvgIpc) is 3.05. The molecule has 3 heterocycles. The summed E-state index contributed by atoms with van der Waals surface area (Å²) in [5.74, 6) is 1.24. The lowest BCUT2D eigenvalue weighted by atomic mass is 9.79. The standard InChI is InChI=1S/C16H24N2O3/c1-11(2)14-17-12(3)13(21-14)15(19)18-7-4-5-16(9-18)6-8-20-10-16/h11H,4-10H2,1-3H3/t16-/m1/s1. The van der Waals surface area contributed by atoms with Crippen LogP contribution in [-0.2, 0) is 4.74 Å². The molecule has 5 nitrogen and oxygen atoms in total. The van der Waals surface area contributed by atoms with Crippen molar-refractivity contribution in [2.45, 2.75) is 46.0 Å². The van der Waals surface area contributed by atoms with Gasteiger partial charge in [0, 0.05) is 31.0 Å².